The first-order valence-electron chi connectivity index (χ1n) is 2.94. The molecule has 0 saturated carbocycles. The van der Waals surface area contributed by atoms with Gasteiger partial charge < -0.3 is 0 Å². The lowest BCUT2D eigenvalue weighted by molar-refractivity contribution is 0.360. The molecule has 1 aromatic rings. The molecular weight excluding hydrogens is 135 g/mol. The molecule has 0 bridgehead atoms. The average molecular weight is 144 g/mol. The van der Waals surface area contributed by atoms with Crippen molar-refractivity contribution < 1.29 is 4.39 Å². The minimum Gasteiger partial charge on any atom is -0.247 e. The summed E-state index contributed by atoms with van der Waals surface area (Å²) >= 11 is 1.61. The van der Waals surface area contributed by atoms with Gasteiger partial charge in [0.25, 0.3) is 0 Å². The van der Waals surface area contributed by atoms with Gasteiger partial charge >= 0.3 is 0 Å². The highest BCUT2D eigenvalue weighted by atomic mass is 32.1. The van der Waals surface area contributed by atoms with Gasteiger partial charge in [-0.3, -0.25) is 0 Å². The Kier molecular flexibility index (Phi) is 2.22. The number of hydrogen-bond donors (Lipinski definition) is 0. The molecule has 0 radical (unpaired) electrons. The first-order chi connectivity index (χ1) is 4.29. The maximum atomic E-state index is 12.3. The van der Waals surface area contributed by atoms with Gasteiger partial charge in [-0.25, -0.2) is 4.39 Å². The fourth-order valence-electron chi connectivity index (χ4n) is 0.734. The molecule has 0 unspecified atom stereocenters. The molecular formula is C7H9FS. The van der Waals surface area contributed by atoms with E-state index in [0.29, 0.717) is 6.42 Å². The van der Waals surface area contributed by atoms with Crippen molar-refractivity contribution in [3.05, 3.63) is 22.4 Å². The van der Waals surface area contributed by atoms with Crippen molar-refractivity contribution in [1.82, 2.24) is 0 Å². The summed E-state index contributed by atoms with van der Waals surface area (Å²) in [6, 6.07) is 1.96. The van der Waals surface area contributed by atoms with Crippen molar-refractivity contribution in [2.75, 3.05) is 0 Å². The fourth-order valence-corrected chi connectivity index (χ4v) is 1.42. The maximum Gasteiger partial charge on any atom is 0.101 e. The smallest absolute Gasteiger partial charge is 0.101 e. The van der Waals surface area contributed by atoms with E-state index in [4.69, 9.17) is 0 Å². The zero-order chi connectivity index (χ0) is 6.69. The largest absolute Gasteiger partial charge is 0.247 e. The monoisotopic (exact) mass is 144 g/mol. The molecule has 0 N–H and O–H groups in total. The molecule has 1 atom stereocenters. The van der Waals surface area contributed by atoms with Crippen molar-refractivity contribution in [2.24, 2.45) is 0 Å². The van der Waals surface area contributed by atoms with E-state index in [2.05, 4.69) is 0 Å². The molecule has 1 heterocycles. The molecule has 0 nitrogen and oxygen atoms in total. The number of halogens is 1. The van der Waals surface area contributed by atoms with Crippen LogP contribution in [0.2, 0.25) is 0 Å². The molecule has 1 aromatic heterocycles. The summed E-state index contributed by atoms with van der Waals surface area (Å²) in [6.07, 6.45) is -0.150. The first-order valence-corrected chi connectivity index (χ1v) is 3.88. The maximum absolute atomic E-state index is 12.3. The fraction of sp³-hybridized carbons (Fsp3) is 0.429. The van der Waals surface area contributed by atoms with Gasteiger partial charge in [0.05, 0.1) is 0 Å². The second-order valence-electron chi connectivity index (χ2n) is 2.12. The molecule has 0 aliphatic rings. The Balaban J connectivity index is 2.48. The third-order valence-electron chi connectivity index (χ3n) is 1.10. The predicted molar refractivity (Wildman–Crippen MR) is 38.6 cm³/mol. The van der Waals surface area contributed by atoms with Crippen LogP contribution in [-0.4, -0.2) is 6.17 Å². The number of rotatable bonds is 2. The molecule has 0 aromatic carbocycles. The topological polar surface area (TPSA) is 0 Å². The highest BCUT2D eigenvalue weighted by Crippen LogP contribution is 2.09. The van der Waals surface area contributed by atoms with Crippen molar-refractivity contribution in [3.63, 3.8) is 0 Å². The first kappa shape index (κ1) is 6.75. The van der Waals surface area contributed by atoms with Gasteiger partial charge in [0, 0.05) is 6.42 Å². The van der Waals surface area contributed by atoms with Crippen LogP contribution >= 0.6 is 11.3 Å². The molecule has 0 aliphatic carbocycles. The standard InChI is InChI=1S/C7H9FS/c1-6(8)4-7-2-3-9-5-7/h2-3,5-6H,4H2,1H3/t6-/m0/s1. The second kappa shape index (κ2) is 2.97. The van der Waals surface area contributed by atoms with E-state index >= 15 is 0 Å². The van der Waals surface area contributed by atoms with Gasteiger partial charge in [-0.1, -0.05) is 0 Å². The molecule has 2 heteroatoms. The minimum atomic E-state index is -0.709. The van der Waals surface area contributed by atoms with Gasteiger partial charge in [-0.05, 0) is 29.3 Å². The zero-order valence-corrected chi connectivity index (χ0v) is 6.12. The Hall–Kier alpha value is -0.370. The van der Waals surface area contributed by atoms with E-state index in [1.807, 2.05) is 16.8 Å². The average Bonchev–Trinajstić information content (AvgIpc) is 2.15. The van der Waals surface area contributed by atoms with Crippen LogP contribution in [0.15, 0.2) is 16.8 Å². The van der Waals surface area contributed by atoms with Crippen molar-refractivity contribution >= 4 is 11.3 Å². The van der Waals surface area contributed by atoms with Crippen LogP contribution < -0.4 is 0 Å². The molecule has 0 aliphatic heterocycles. The van der Waals surface area contributed by atoms with Crippen LogP contribution in [0.3, 0.4) is 0 Å². The van der Waals surface area contributed by atoms with E-state index in [0.717, 1.165) is 5.56 Å². The van der Waals surface area contributed by atoms with Crippen molar-refractivity contribution in [1.29, 1.82) is 0 Å². The summed E-state index contributed by atoms with van der Waals surface area (Å²) in [4.78, 5) is 0. The van der Waals surface area contributed by atoms with Crippen LogP contribution in [0.1, 0.15) is 12.5 Å². The lowest BCUT2D eigenvalue weighted by Crippen LogP contribution is -1.95. The molecule has 50 valence electrons. The van der Waals surface area contributed by atoms with Crippen LogP contribution in [0.25, 0.3) is 0 Å². The lowest BCUT2D eigenvalue weighted by Gasteiger charge is -1.95. The zero-order valence-electron chi connectivity index (χ0n) is 5.30. The second-order valence-corrected chi connectivity index (χ2v) is 2.90. The van der Waals surface area contributed by atoms with E-state index in [1.165, 1.54) is 0 Å². The van der Waals surface area contributed by atoms with E-state index in [1.54, 1.807) is 18.3 Å². The van der Waals surface area contributed by atoms with Gasteiger partial charge in [-0.2, -0.15) is 11.3 Å². The number of hydrogen-bond acceptors (Lipinski definition) is 1. The molecule has 0 amide bonds. The Morgan fingerprint density at radius 3 is 3.00 bits per heavy atom. The molecule has 0 spiro atoms. The van der Waals surface area contributed by atoms with Crippen LogP contribution in [0.4, 0.5) is 4.39 Å². The number of alkyl halides is 1. The van der Waals surface area contributed by atoms with Gasteiger partial charge in [0.15, 0.2) is 0 Å². The summed E-state index contributed by atoms with van der Waals surface area (Å²) in [5, 5.41) is 3.95. The van der Waals surface area contributed by atoms with Gasteiger partial charge in [-0.15, -0.1) is 0 Å². The van der Waals surface area contributed by atoms with E-state index in [-0.39, 0.29) is 0 Å². The molecule has 9 heavy (non-hydrogen) atoms. The number of thiophene rings is 1. The minimum absolute atomic E-state index is 0.559. The SMILES string of the molecule is C[C@H](F)Cc1ccsc1. The molecule has 0 saturated heterocycles. The Morgan fingerprint density at radius 1 is 1.78 bits per heavy atom. The van der Waals surface area contributed by atoms with Gasteiger partial charge in [0.1, 0.15) is 6.17 Å². The van der Waals surface area contributed by atoms with Crippen molar-refractivity contribution in [3.8, 4) is 0 Å². The Bertz CT molecular complexity index is 155. The third kappa shape index (κ3) is 2.14. The summed E-state index contributed by atoms with van der Waals surface area (Å²) in [6.45, 7) is 1.58. The van der Waals surface area contributed by atoms with Crippen molar-refractivity contribution in [2.45, 2.75) is 19.5 Å². The van der Waals surface area contributed by atoms with Crippen LogP contribution in [0, 0.1) is 0 Å². The summed E-state index contributed by atoms with van der Waals surface area (Å²) in [5.41, 5.74) is 1.11. The highest BCUT2D eigenvalue weighted by Gasteiger charge is 1.98. The molecule has 0 fully saturated rings. The van der Waals surface area contributed by atoms with E-state index < -0.39 is 6.17 Å². The summed E-state index contributed by atoms with van der Waals surface area (Å²) in [7, 11) is 0. The van der Waals surface area contributed by atoms with E-state index in [9.17, 15) is 4.39 Å². The normalized spacial score (nSPS) is 13.6. The van der Waals surface area contributed by atoms with Crippen LogP contribution in [0.5, 0.6) is 0 Å². The summed E-state index contributed by atoms with van der Waals surface area (Å²) < 4.78 is 12.3. The summed E-state index contributed by atoms with van der Waals surface area (Å²) in [5.74, 6) is 0. The third-order valence-corrected chi connectivity index (χ3v) is 1.83. The van der Waals surface area contributed by atoms with Gasteiger partial charge in [0.2, 0.25) is 0 Å². The quantitative estimate of drug-likeness (QED) is 0.598. The lowest BCUT2D eigenvalue weighted by atomic mass is 10.2. The van der Waals surface area contributed by atoms with Crippen LogP contribution in [-0.2, 0) is 6.42 Å². The predicted octanol–water partition coefficient (Wildman–Crippen LogP) is 2.65. The highest BCUT2D eigenvalue weighted by molar-refractivity contribution is 7.07. The molecule has 1 rings (SSSR count). The Morgan fingerprint density at radius 2 is 2.56 bits per heavy atom. The Labute approximate surface area is 58.3 Å².